The normalized spacial score (nSPS) is 37.1. The number of nitrogens with zero attached hydrogens (tertiary/aromatic N) is 2. The fourth-order valence-corrected chi connectivity index (χ4v) is 4.38. The summed E-state index contributed by atoms with van der Waals surface area (Å²) < 4.78 is 5.95. The summed E-state index contributed by atoms with van der Waals surface area (Å²) in [6.45, 7) is 8.51. The van der Waals surface area contributed by atoms with Gasteiger partial charge in [-0.1, -0.05) is 11.8 Å². The van der Waals surface area contributed by atoms with Gasteiger partial charge in [-0.15, -0.1) is 0 Å². The van der Waals surface area contributed by atoms with Crippen molar-refractivity contribution in [3.63, 3.8) is 0 Å². The molecule has 2 atom stereocenters. The Hall–Kier alpha value is -0.260. The van der Waals surface area contributed by atoms with E-state index >= 15 is 0 Å². The molecule has 3 aliphatic heterocycles. The van der Waals surface area contributed by atoms with Crippen LogP contribution in [0.25, 0.3) is 0 Å². The summed E-state index contributed by atoms with van der Waals surface area (Å²) in [4.78, 5) is 7.32. The van der Waals surface area contributed by atoms with Crippen molar-refractivity contribution in [3.05, 3.63) is 0 Å². The summed E-state index contributed by atoms with van der Waals surface area (Å²) in [6.07, 6.45) is 4.13. The Morgan fingerprint density at radius 3 is 3.26 bits per heavy atom. The van der Waals surface area contributed by atoms with Crippen molar-refractivity contribution in [2.45, 2.75) is 50.8 Å². The first-order valence-corrected chi connectivity index (χ1v) is 8.42. The SMILES string of the molecule is CC1(C)CCSC(=NCC2CN3CCCC3CO2)N1. The number of aliphatic imine (C=N–C) groups is 1. The molecule has 5 heteroatoms. The lowest BCUT2D eigenvalue weighted by Crippen LogP contribution is -2.48. The van der Waals surface area contributed by atoms with Gasteiger partial charge in [0, 0.05) is 23.9 Å². The van der Waals surface area contributed by atoms with Crippen LogP contribution in [0.4, 0.5) is 0 Å². The Labute approximate surface area is 120 Å². The standard InChI is InChI=1S/C14H25N3OS/c1-14(2)5-7-19-13(16-14)15-8-12-9-17-6-3-4-11(17)10-18-12/h11-12H,3-10H2,1-2H3,(H,15,16). The van der Waals surface area contributed by atoms with Gasteiger partial charge < -0.3 is 10.1 Å². The summed E-state index contributed by atoms with van der Waals surface area (Å²) in [7, 11) is 0. The van der Waals surface area contributed by atoms with Crippen LogP contribution in [0.15, 0.2) is 4.99 Å². The van der Waals surface area contributed by atoms with Crippen molar-refractivity contribution in [1.29, 1.82) is 0 Å². The lowest BCUT2D eigenvalue weighted by molar-refractivity contribution is -0.0431. The molecule has 0 radical (unpaired) electrons. The summed E-state index contributed by atoms with van der Waals surface area (Å²) in [5.74, 6) is 1.17. The number of nitrogens with one attached hydrogen (secondary N) is 1. The molecule has 0 aliphatic carbocycles. The van der Waals surface area contributed by atoms with E-state index in [1.165, 1.54) is 31.6 Å². The van der Waals surface area contributed by atoms with Gasteiger partial charge in [-0.25, -0.2) is 0 Å². The van der Waals surface area contributed by atoms with Crippen LogP contribution >= 0.6 is 11.8 Å². The Kier molecular flexibility index (Phi) is 4.06. The fraction of sp³-hybridized carbons (Fsp3) is 0.929. The molecular weight excluding hydrogens is 258 g/mol. The third-order valence-corrected chi connectivity index (χ3v) is 5.22. The summed E-state index contributed by atoms with van der Waals surface area (Å²) >= 11 is 1.84. The molecule has 0 aromatic carbocycles. The molecule has 0 saturated carbocycles. The van der Waals surface area contributed by atoms with Gasteiger partial charge in [0.1, 0.15) is 0 Å². The molecule has 3 fully saturated rings. The van der Waals surface area contributed by atoms with Crippen molar-refractivity contribution < 1.29 is 4.74 Å². The molecule has 0 bridgehead atoms. The van der Waals surface area contributed by atoms with Gasteiger partial charge in [0.25, 0.3) is 0 Å². The average Bonchev–Trinajstić information content (AvgIpc) is 2.82. The van der Waals surface area contributed by atoms with Crippen LogP contribution in [0.3, 0.4) is 0 Å². The minimum Gasteiger partial charge on any atom is -0.373 e. The van der Waals surface area contributed by atoms with E-state index in [0.29, 0.717) is 6.04 Å². The van der Waals surface area contributed by atoms with Gasteiger partial charge in [-0.05, 0) is 39.7 Å². The average molecular weight is 283 g/mol. The number of morpholine rings is 1. The molecule has 19 heavy (non-hydrogen) atoms. The molecule has 0 aromatic rings. The third-order valence-electron chi connectivity index (χ3n) is 4.31. The van der Waals surface area contributed by atoms with Crippen molar-refractivity contribution in [2.75, 3.05) is 32.0 Å². The first-order chi connectivity index (χ1) is 9.12. The third kappa shape index (κ3) is 3.44. The van der Waals surface area contributed by atoms with Crippen LogP contribution in [0.1, 0.15) is 33.1 Å². The van der Waals surface area contributed by atoms with Gasteiger partial charge >= 0.3 is 0 Å². The predicted molar refractivity (Wildman–Crippen MR) is 80.9 cm³/mol. The molecule has 3 heterocycles. The topological polar surface area (TPSA) is 36.9 Å². The second-order valence-electron chi connectivity index (χ2n) is 6.50. The van der Waals surface area contributed by atoms with Crippen LogP contribution in [0.5, 0.6) is 0 Å². The number of thioether (sulfide) groups is 1. The molecule has 3 saturated heterocycles. The first kappa shape index (κ1) is 13.7. The smallest absolute Gasteiger partial charge is 0.157 e. The van der Waals surface area contributed by atoms with Crippen LogP contribution in [-0.2, 0) is 4.74 Å². The number of hydrogen-bond acceptors (Lipinski definition) is 4. The maximum absolute atomic E-state index is 5.95. The maximum atomic E-state index is 5.95. The second-order valence-corrected chi connectivity index (χ2v) is 7.58. The maximum Gasteiger partial charge on any atom is 0.157 e. The number of fused-ring (bicyclic) bond motifs is 1. The first-order valence-electron chi connectivity index (χ1n) is 7.43. The van der Waals surface area contributed by atoms with Crippen LogP contribution < -0.4 is 5.32 Å². The van der Waals surface area contributed by atoms with E-state index in [2.05, 4.69) is 24.1 Å². The van der Waals surface area contributed by atoms with E-state index in [1.54, 1.807) is 0 Å². The molecule has 3 rings (SSSR count). The van der Waals surface area contributed by atoms with E-state index in [9.17, 15) is 0 Å². The van der Waals surface area contributed by atoms with E-state index in [1.807, 2.05) is 11.8 Å². The van der Waals surface area contributed by atoms with E-state index < -0.39 is 0 Å². The molecule has 108 valence electrons. The minimum absolute atomic E-state index is 0.192. The van der Waals surface area contributed by atoms with Crippen molar-refractivity contribution >= 4 is 16.9 Å². The van der Waals surface area contributed by atoms with Crippen LogP contribution in [0, 0.1) is 0 Å². The summed E-state index contributed by atoms with van der Waals surface area (Å²) in [5.41, 5.74) is 0.192. The number of amidine groups is 1. The van der Waals surface area contributed by atoms with Gasteiger partial charge in [0.05, 0.1) is 19.3 Å². The molecular formula is C14H25N3OS. The number of rotatable bonds is 2. The molecule has 1 N–H and O–H groups in total. The van der Waals surface area contributed by atoms with Gasteiger partial charge in [0.2, 0.25) is 0 Å². The van der Waals surface area contributed by atoms with Gasteiger partial charge in [0.15, 0.2) is 5.17 Å². The zero-order chi connectivity index (χ0) is 13.3. The molecule has 2 unspecified atom stereocenters. The Morgan fingerprint density at radius 2 is 2.42 bits per heavy atom. The highest BCUT2D eigenvalue weighted by Gasteiger charge is 2.32. The minimum atomic E-state index is 0.192. The predicted octanol–water partition coefficient (Wildman–Crippen LogP) is 1.71. The van der Waals surface area contributed by atoms with Crippen LogP contribution in [0.2, 0.25) is 0 Å². The Balaban J connectivity index is 1.51. The Bertz CT molecular complexity index is 359. The lowest BCUT2D eigenvalue weighted by Gasteiger charge is -2.35. The molecule has 0 aromatic heterocycles. The van der Waals surface area contributed by atoms with Crippen molar-refractivity contribution in [3.8, 4) is 0 Å². The quantitative estimate of drug-likeness (QED) is 0.837. The zero-order valence-corrected chi connectivity index (χ0v) is 12.8. The molecule has 0 amide bonds. The van der Waals surface area contributed by atoms with E-state index in [-0.39, 0.29) is 11.6 Å². The fourth-order valence-electron chi connectivity index (χ4n) is 3.06. The highest BCUT2D eigenvalue weighted by Crippen LogP contribution is 2.24. The summed E-state index contributed by atoms with van der Waals surface area (Å²) in [5, 5.41) is 4.62. The van der Waals surface area contributed by atoms with E-state index in [0.717, 1.165) is 24.9 Å². The molecule has 3 aliphatic rings. The van der Waals surface area contributed by atoms with Crippen molar-refractivity contribution in [2.24, 2.45) is 4.99 Å². The van der Waals surface area contributed by atoms with Gasteiger partial charge in [-0.3, -0.25) is 9.89 Å². The highest BCUT2D eigenvalue weighted by molar-refractivity contribution is 8.13. The highest BCUT2D eigenvalue weighted by atomic mass is 32.2. The van der Waals surface area contributed by atoms with Crippen molar-refractivity contribution in [1.82, 2.24) is 10.2 Å². The zero-order valence-electron chi connectivity index (χ0n) is 12.0. The van der Waals surface area contributed by atoms with Gasteiger partial charge in [-0.2, -0.15) is 0 Å². The molecule has 4 nitrogen and oxygen atoms in total. The largest absolute Gasteiger partial charge is 0.373 e. The van der Waals surface area contributed by atoms with Crippen LogP contribution in [-0.4, -0.2) is 59.7 Å². The summed E-state index contributed by atoms with van der Waals surface area (Å²) in [6, 6.07) is 0.685. The Morgan fingerprint density at radius 1 is 1.53 bits per heavy atom. The lowest BCUT2D eigenvalue weighted by atomic mass is 10.0. The molecule has 0 spiro atoms. The monoisotopic (exact) mass is 283 g/mol. The number of hydrogen-bond donors (Lipinski definition) is 1. The second kappa shape index (κ2) is 5.62. The van der Waals surface area contributed by atoms with E-state index in [4.69, 9.17) is 9.73 Å². The number of ether oxygens (including phenoxy) is 1.